The van der Waals surface area contributed by atoms with Gasteiger partial charge in [-0.2, -0.15) is 0 Å². The molecule has 0 aliphatic rings. The quantitative estimate of drug-likeness (QED) is 0.714. The number of aliphatic hydroxyl groups is 1. The lowest BCUT2D eigenvalue weighted by atomic mass is 10.2. The van der Waals surface area contributed by atoms with E-state index in [-0.39, 0.29) is 31.4 Å². The summed E-state index contributed by atoms with van der Waals surface area (Å²) in [4.78, 5) is 29.3. The lowest BCUT2D eigenvalue weighted by molar-refractivity contribution is -0.143. The minimum absolute atomic E-state index is 0.0140. The second-order valence-corrected chi connectivity index (χ2v) is 5.23. The van der Waals surface area contributed by atoms with Crippen molar-refractivity contribution in [3.8, 4) is 0 Å². The number of nitrogens with zero attached hydrogens (tertiary/aromatic N) is 2. The molecule has 0 bridgehead atoms. The fourth-order valence-electron chi connectivity index (χ4n) is 1.75. The minimum Gasteiger partial charge on any atom is -0.466 e. The SMILES string of the molecule is CCOC(=O)CCN(CCCO)C(=O)c1cncc(Br)c1. The third-order valence-corrected chi connectivity index (χ3v) is 3.15. The number of amides is 1. The van der Waals surface area contributed by atoms with Crippen molar-refractivity contribution >= 4 is 27.8 Å². The molecule has 1 aromatic rings. The summed E-state index contributed by atoms with van der Waals surface area (Å²) in [6.45, 7) is 2.67. The maximum Gasteiger partial charge on any atom is 0.307 e. The molecule has 0 atom stereocenters. The van der Waals surface area contributed by atoms with Gasteiger partial charge in [0, 0.05) is 36.6 Å². The van der Waals surface area contributed by atoms with Gasteiger partial charge in [0.15, 0.2) is 0 Å². The highest BCUT2D eigenvalue weighted by molar-refractivity contribution is 9.10. The number of carbonyl (C=O) groups is 2. The van der Waals surface area contributed by atoms with Crippen LogP contribution in [0.15, 0.2) is 22.9 Å². The standard InChI is InChI=1S/C14H19BrN2O4/c1-2-21-13(19)4-6-17(5-3-7-18)14(20)11-8-12(15)10-16-9-11/h8-10,18H,2-7H2,1H3. The average Bonchev–Trinajstić information content (AvgIpc) is 2.47. The minimum atomic E-state index is -0.341. The maximum absolute atomic E-state index is 12.4. The summed E-state index contributed by atoms with van der Waals surface area (Å²) < 4.78 is 5.56. The monoisotopic (exact) mass is 358 g/mol. The Balaban J connectivity index is 2.71. The summed E-state index contributed by atoms with van der Waals surface area (Å²) in [5.74, 6) is -0.562. The lowest BCUT2D eigenvalue weighted by Gasteiger charge is -2.22. The largest absolute Gasteiger partial charge is 0.466 e. The third-order valence-electron chi connectivity index (χ3n) is 2.72. The van der Waals surface area contributed by atoms with Gasteiger partial charge in [-0.3, -0.25) is 14.6 Å². The summed E-state index contributed by atoms with van der Waals surface area (Å²) in [5.41, 5.74) is 0.436. The van der Waals surface area contributed by atoms with Gasteiger partial charge in [-0.1, -0.05) is 0 Å². The molecule has 1 rings (SSSR count). The van der Waals surface area contributed by atoms with Crippen LogP contribution in [0.5, 0.6) is 0 Å². The topological polar surface area (TPSA) is 79.7 Å². The molecule has 1 aromatic heterocycles. The third kappa shape index (κ3) is 6.22. The van der Waals surface area contributed by atoms with Crippen molar-refractivity contribution in [1.29, 1.82) is 0 Å². The number of halogens is 1. The van der Waals surface area contributed by atoms with E-state index in [0.29, 0.717) is 29.6 Å². The predicted octanol–water partition coefficient (Wildman–Crippen LogP) is 1.62. The van der Waals surface area contributed by atoms with Gasteiger partial charge in [-0.05, 0) is 35.3 Å². The predicted molar refractivity (Wildman–Crippen MR) is 80.8 cm³/mol. The van der Waals surface area contributed by atoms with Crippen LogP contribution in [-0.2, 0) is 9.53 Å². The van der Waals surface area contributed by atoms with Gasteiger partial charge in [0.05, 0.1) is 18.6 Å². The van der Waals surface area contributed by atoms with Crippen molar-refractivity contribution in [2.75, 3.05) is 26.3 Å². The van der Waals surface area contributed by atoms with E-state index in [2.05, 4.69) is 20.9 Å². The Morgan fingerprint density at radius 2 is 2.14 bits per heavy atom. The molecule has 21 heavy (non-hydrogen) atoms. The van der Waals surface area contributed by atoms with Crippen LogP contribution in [0.25, 0.3) is 0 Å². The Hall–Kier alpha value is -1.47. The Morgan fingerprint density at radius 3 is 2.76 bits per heavy atom. The van der Waals surface area contributed by atoms with Gasteiger partial charge >= 0.3 is 5.97 Å². The summed E-state index contributed by atoms with van der Waals surface area (Å²) in [5, 5.41) is 8.92. The van der Waals surface area contributed by atoms with E-state index in [1.807, 2.05) is 0 Å². The van der Waals surface area contributed by atoms with Crippen LogP contribution in [-0.4, -0.2) is 53.2 Å². The van der Waals surface area contributed by atoms with Crippen molar-refractivity contribution in [3.63, 3.8) is 0 Å². The van der Waals surface area contributed by atoms with Crippen LogP contribution < -0.4 is 0 Å². The molecule has 1 heterocycles. The van der Waals surface area contributed by atoms with Crippen LogP contribution in [0.2, 0.25) is 0 Å². The first-order valence-electron chi connectivity index (χ1n) is 6.74. The number of carbonyl (C=O) groups excluding carboxylic acids is 2. The van der Waals surface area contributed by atoms with Crippen molar-refractivity contribution in [2.45, 2.75) is 19.8 Å². The van der Waals surface area contributed by atoms with Gasteiger partial charge < -0.3 is 14.7 Å². The zero-order chi connectivity index (χ0) is 15.7. The van der Waals surface area contributed by atoms with Crippen molar-refractivity contribution in [3.05, 3.63) is 28.5 Å². The molecular weight excluding hydrogens is 340 g/mol. The number of aromatic nitrogens is 1. The molecule has 116 valence electrons. The summed E-state index contributed by atoms with van der Waals surface area (Å²) in [6, 6.07) is 1.67. The Kier molecular flexibility index (Phi) is 7.92. The number of esters is 1. The van der Waals surface area contributed by atoms with Crippen molar-refractivity contribution in [2.24, 2.45) is 0 Å². The molecule has 1 N–H and O–H groups in total. The molecule has 0 aliphatic heterocycles. The molecule has 0 unspecified atom stereocenters. The van der Waals surface area contributed by atoms with Crippen LogP contribution in [0.3, 0.4) is 0 Å². The number of pyridine rings is 1. The molecular formula is C14H19BrN2O4. The van der Waals surface area contributed by atoms with E-state index in [4.69, 9.17) is 9.84 Å². The lowest BCUT2D eigenvalue weighted by Crippen LogP contribution is -2.34. The molecule has 0 aliphatic carbocycles. The Labute approximate surface area is 132 Å². The zero-order valence-electron chi connectivity index (χ0n) is 11.9. The van der Waals surface area contributed by atoms with Crippen LogP contribution in [0.1, 0.15) is 30.1 Å². The van der Waals surface area contributed by atoms with Crippen molar-refractivity contribution < 1.29 is 19.4 Å². The average molecular weight is 359 g/mol. The van der Waals surface area contributed by atoms with Gasteiger partial charge in [0.2, 0.25) is 0 Å². The second-order valence-electron chi connectivity index (χ2n) is 4.32. The Morgan fingerprint density at radius 1 is 1.38 bits per heavy atom. The van der Waals surface area contributed by atoms with Crippen LogP contribution in [0, 0.1) is 0 Å². The molecule has 0 spiro atoms. The molecule has 6 nitrogen and oxygen atoms in total. The first-order valence-corrected chi connectivity index (χ1v) is 7.54. The van der Waals surface area contributed by atoms with E-state index >= 15 is 0 Å². The number of rotatable bonds is 8. The molecule has 0 radical (unpaired) electrons. The first-order chi connectivity index (χ1) is 10.1. The number of ether oxygens (including phenoxy) is 1. The highest BCUT2D eigenvalue weighted by Crippen LogP contribution is 2.12. The summed E-state index contributed by atoms with van der Waals surface area (Å²) in [6.07, 6.45) is 3.65. The van der Waals surface area contributed by atoms with E-state index in [9.17, 15) is 9.59 Å². The van der Waals surface area contributed by atoms with Gasteiger partial charge in [0.1, 0.15) is 0 Å². The normalized spacial score (nSPS) is 10.2. The van der Waals surface area contributed by atoms with E-state index in [1.165, 1.54) is 11.1 Å². The zero-order valence-corrected chi connectivity index (χ0v) is 13.5. The molecule has 0 saturated carbocycles. The molecule has 0 fully saturated rings. The van der Waals surface area contributed by atoms with Gasteiger partial charge in [-0.15, -0.1) is 0 Å². The highest BCUT2D eigenvalue weighted by Gasteiger charge is 2.17. The van der Waals surface area contributed by atoms with E-state index in [1.54, 1.807) is 19.2 Å². The van der Waals surface area contributed by atoms with E-state index < -0.39 is 0 Å². The molecule has 0 aromatic carbocycles. The number of aliphatic hydroxyl groups excluding tert-OH is 1. The molecule has 0 saturated heterocycles. The van der Waals surface area contributed by atoms with Crippen LogP contribution >= 0.6 is 15.9 Å². The number of hydrogen-bond acceptors (Lipinski definition) is 5. The smallest absolute Gasteiger partial charge is 0.307 e. The summed E-state index contributed by atoms with van der Waals surface area (Å²) in [7, 11) is 0. The van der Waals surface area contributed by atoms with Crippen molar-refractivity contribution in [1.82, 2.24) is 9.88 Å². The number of hydrogen-bond donors (Lipinski definition) is 1. The maximum atomic E-state index is 12.4. The summed E-state index contributed by atoms with van der Waals surface area (Å²) >= 11 is 3.27. The highest BCUT2D eigenvalue weighted by atomic mass is 79.9. The fourth-order valence-corrected chi connectivity index (χ4v) is 2.11. The fraction of sp³-hybridized carbons (Fsp3) is 0.500. The van der Waals surface area contributed by atoms with Crippen LogP contribution in [0.4, 0.5) is 0 Å². The second kappa shape index (κ2) is 9.46. The Bertz CT molecular complexity index is 482. The molecule has 7 heteroatoms. The van der Waals surface area contributed by atoms with Gasteiger partial charge in [-0.25, -0.2) is 0 Å². The van der Waals surface area contributed by atoms with E-state index in [0.717, 1.165) is 0 Å². The first kappa shape index (κ1) is 17.6. The molecule has 1 amide bonds. The van der Waals surface area contributed by atoms with Gasteiger partial charge in [0.25, 0.3) is 5.91 Å².